The van der Waals surface area contributed by atoms with Crippen molar-refractivity contribution in [3.63, 3.8) is 0 Å². The van der Waals surface area contributed by atoms with Gasteiger partial charge in [-0.25, -0.2) is 0 Å². The van der Waals surface area contributed by atoms with Crippen molar-refractivity contribution < 1.29 is 65.5 Å². The van der Waals surface area contributed by atoms with Gasteiger partial charge in [0, 0.05) is 83.8 Å². The van der Waals surface area contributed by atoms with Gasteiger partial charge < -0.3 is 15.3 Å². The van der Waals surface area contributed by atoms with Gasteiger partial charge in [-0.3, -0.25) is 11.7 Å². The van der Waals surface area contributed by atoms with Crippen molar-refractivity contribution in [3.05, 3.63) is 35.1 Å². The summed E-state index contributed by atoms with van der Waals surface area (Å²) in [6.07, 6.45) is 0. The van der Waals surface area contributed by atoms with Crippen LogP contribution in [-0.2, 0) is 18.6 Å². The van der Waals surface area contributed by atoms with Gasteiger partial charge in [0.05, 0.1) is 0 Å². The molecule has 0 saturated carbocycles. The van der Waals surface area contributed by atoms with Crippen LogP contribution in [0.3, 0.4) is 0 Å². The van der Waals surface area contributed by atoms with E-state index in [2.05, 4.69) is 20.3 Å². The summed E-state index contributed by atoms with van der Waals surface area (Å²) in [5.41, 5.74) is 2.63. The molecule has 1 aromatic carbocycles. The third-order valence-corrected chi connectivity index (χ3v) is 2.17. The molecule has 0 aliphatic rings. The van der Waals surface area contributed by atoms with Crippen molar-refractivity contribution >= 4 is 24.1 Å². The number of hydrogen-bond donors (Lipinski definition) is 0. The van der Waals surface area contributed by atoms with E-state index in [0.29, 0.717) is 0 Å². The van der Waals surface area contributed by atoms with Crippen molar-refractivity contribution in [1.29, 1.82) is 0 Å². The Hall–Kier alpha value is 0.134. The third-order valence-electron chi connectivity index (χ3n) is 2.17. The fourth-order valence-electron chi connectivity index (χ4n) is 1.24. The van der Waals surface area contributed by atoms with Crippen LogP contribution in [0.1, 0.15) is 12.5 Å². The molecular weight excluding hydrogens is 424 g/mol. The van der Waals surface area contributed by atoms with Gasteiger partial charge in [-0.2, -0.15) is 0 Å². The first-order valence-corrected chi connectivity index (χ1v) is 4.85. The monoisotopic (exact) mass is 439 g/mol. The molecule has 4 nitrogen and oxygen atoms in total. The summed E-state index contributed by atoms with van der Waals surface area (Å²) in [7, 11) is 3.34. The molecule has 6 heteroatoms. The molecule has 0 aliphatic heterocycles. The molecule has 18 heavy (non-hydrogen) atoms. The van der Waals surface area contributed by atoms with Gasteiger partial charge in [0.25, 0.3) is 0 Å². The van der Waals surface area contributed by atoms with Gasteiger partial charge in [-0.1, -0.05) is 31.3 Å². The molecule has 0 heterocycles. The van der Waals surface area contributed by atoms with Crippen molar-refractivity contribution in [2.24, 2.45) is 15.0 Å². The van der Waals surface area contributed by atoms with E-state index in [9.17, 15) is 0 Å². The number of benzene rings is 1. The van der Waals surface area contributed by atoms with E-state index in [1.165, 1.54) is 0 Å². The zero-order chi connectivity index (χ0) is 12.0. The number of para-hydroxylation sites is 1. The first-order valence-electron chi connectivity index (χ1n) is 4.85. The summed E-state index contributed by atoms with van der Waals surface area (Å²) in [4.78, 5) is 11.8. The van der Waals surface area contributed by atoms with Crippen LogP contribution in [0.2, 0.25) is 0 Å². The van der Waals surface area contributed by atoms with Crippen molar-refractivity contribution in [3.8, 4) is 0 Å². The number of nitrogens with zero attached hydrogens (tertiary/aromatic N) is 4. The fourth-order valence-corrected chi connectivity index (χ4v) is 1.24. The number of rotatable bonds is 2. The maximum absolute atomic E-state index is 5.16. The average Bonchev–Trinajstić information content (AvgIpc) is 2.35. The average molecular weight is 438 g/mol. The van der Waals surface area contributed by atoms with Crippen molar-refractivity contribution in [2.75, 3.05) is 14.1 Å². The zero-order valence-electron chi connectivity index (χ0n) is 10.4. The summed E-state index contributed by atoms with van der Waals surface area (Å²) in [5.74, 6) is 0.261. The van der Waals surface area contributed by atoms with Crippen LogP contribution in [0.25, 0.3) is 5.32 Å². The second-order valence-corrected chi connectivity index (χ2v) is 3.09. The Bertz CT molecular complexity index is 443. The van der Waals surface area contributed by atoms with Crippen molar-refractivity contribution in [1.82, 2.24) is 0 Å². The van der Waals surface area contributed by atoms with E-state index >= 15 is 0 Å². The number of guanidine groups is 1. The van der Waals surface area contributed by atoms with Crippen LogP contribution in [-0.4, -0.2) is 32.5 Å². The van der Waals surface area contributed by atoms with Gasteiger partial charge in [0.1, 0.15) is 0 Å². The van der Waals surface area contributed by atoms with E-state index in [1.54, 1.807) is 14.1 Å². The Morgan fingerprint density at radius 2 is 1.89 bits per heavy atom. The Kier molecular flexibility index (Phi) is 12.5. The summed E-state index contributed by atoms with van der Waals surface area (Å²) in [5, 5.41) is 3.85. The Balaban J connectivity index is 0. The summed E-state index contributed by atoms with van der Waals surface area (Å²) >= 11 is 0. The minimum Gasteiger partial charge on any atom is -0.575 e. The van der Waals surface area contributed by atoms with Crippen LogP contribution < -0.4 is 0 Å². The molecule has 0 unspecified atom stereocenters. The van der Waals surface area contributed by atoms with Gasteiger partial charge in [-0.15, -0.1) is 5.96 Å². The largest absolute Gasteiger partial charge is 0.575 e. The van der Waals surface area contributed by atoms with E-state index in [0.717, 1.165) is 17.0 Å². The van der Waals surface area contributed by atoms with Crippen LogP contribution in [0.15, 0.2) is 39.2 Å². The molecular formula is C12H14N4VYb-2. The van der Waals surface area contributed by atoms with Crippen LogP contribution in [0, 0.1) is 46.9 Å². The quantitative estimate of drug-likeness (QED) is 0.388. The molecule has 1 aromatic rings. The predicted octanol–water partition coefficient (Wildman–Crippen LogP) is 2.69. The topological polar surface area (TPSA) is 51.2 Å². The van der Waals surface area contributed by atoms with E-state index in [4.69, 9.17) is 6.72 Å². The predicted molar refractivity (Wildman–Crippen MR) is 69.4 cm³/mol. The van der Waals surface area contributed by atoms with E-state index in [1.807, 2.05) is 31.2 Å². The molecule has 0 spiro atoms. The normalized spacial score (nSPS) is 11.1. The molecule has 0 aromatic heterocycles. The molecule has 0 saturated heterocycles. The summed E-state index contributed by atoms with van der Waals surface area (Å²) in [6.45, 7) is 7.09. The summed E-state index contributed by atoms with van der Waals surface area (Å²) in [6, 6.07) is 7.66. The zero-order valence-corrected chi connectivity index (χ0v) is 13.5. The second kappa shape index (κ2) is 11.0. The Labute approximate surface area is 159 Å². The fraction of sp³-hybridized carbons (Fsp3) is 0.250. The number of aliphatic imine (C=N–C) groups is 3. The SMILES string of the molecule is [CH-]=NC(=Nc1ccccc1C(C)=NC)[N-]C.[V].[Yb]. The first kappa shape index (κ1) is 20.5. The Morgan fingerprint density at radius 3 is 2.39 bits per heavy atom. The smallest absolute Gasteiger partial charge is 0.0393 e. The molecule has 0 N–H and O–H groups in total. The maximum atomic E-state index is 5.16. The minimum atomic E-state index is 0. The molecule has 0 aliphatic carbocycles. The molecule has 0 fully saturated rings. The van der Waals surface area contributed by atoms with Gasteiger partial charge in [0.15, 0.2) is 0 Å². The van der Waals surface area contributed by atoms with Crippen LogP contribution in [0.4, 0.5) is 5.69 Å². The van der Waals surface area contributed by atoms with Crippen LogP contribution >= 0.6 is 0 Å². The molecule has 0 atom stereocenters. The van der Waals surface area contributed by atoms with E-state index in [-0.39, 0.29) is 71.4 Å². The minimum absolute atomic E-state index is 0. The molecule has 103 valence electrons. The standard InChI is InChI=1S/C12H14N4.V.Yb/c1-9(13-2)10-7-5-6-8-11(10)16-12(14-3)15-4;;/h3,5-8H,1-2,4H3;;/q-2;;. The maximum Gasteiger partial charge on any atom is 0.0393 e. The Morgan fingerprint density at radius 1 is 1.28 bits per heavy atom. The van der Waals surface area contributed by atoms with Gasteiger partial charge in [0.2, 0.25) is 0 Å². The van der Waals surface area contributed by atoms with Crippen molar-refractivity contribution in [2.45, 2.75) is 6.92 Å². The summed E-state index contributed by atoms with van der Waals surface area (Å²) < 4.78 is 0. The second-order valence-electron chi connectivity index (χ2n) is 3.09. The third kappa shape index (κ3) is 5.85. The van der Waals surface area contributed by atoms with E-state index < -0.39 is 0 Å². The first-order chi connectivity index (χ1) is 7.72. The molecule has 0 bridgehead atoms. The van der Waals surface area contributed by atoms with Crippen LogP contribution in [0.5, 0.6) is 0 Å². The molecule has 1 radical (unpaired) electrons. The van der Waals surface area contributed by atoms with Gasteiger partial charge in [-0.05, 0) is 12.6 Å². The number of hydrogen-bond acceptors (Lipinski definition) is 2. The van der Waals surface area contributed by atoms with Gasteiger partial charge >= 0.3 is 0 Å². The molecule has 1 rings (SSSR count). The molecule has 0 amide bonds.